The number of nitrogens with zero attached hydrogens (tertiary/aromatic N) is 2. The van der Waals surface area contributed by atoms with Crippen LogP contribution in [0.2, 0.25) is 0 Å². The van der Waals surface area contributed by atoms with E-state index in [2.05, 4.69) is 15.3 Å². The van der Waals surface area contributed by atoms with Gasteiger partial charge in [-0.3, -0.25) is 10.1 Å². The third-order valence-corrected chi connectivity index (χ3v) is 4.01. The van der Waals surface area contributed by atoms with E-state index < -0.39 is 11.5 Å². The molecule has 0 aliphatic heterocycles. The average Bonchev–Trinajstić information content (AvgIpc) is 3.12. The number of nitrogens with one attached hydrogen (secondary N) is 1. The molecule has 0 spiro atoms. The van der Waals surface area contributed by atoms with E-state index in [0.717, 1.165) is 18.4 Å². The molecule has 5 nitrogen and oxygen atoms in total. The average molecular weight is 267 g/mol. The number of rotatable bonds is 6. The van der Waals surface area contributed by atoms with Crippen LogP contribution in [0.5, 0.6) is 0 Å². The molecule has 98 valence electrons. The lowest BCUT2D eigenvalue weighted by atomic mass is 10.1. The predicted octanol–water partition coefficient (Wildman–Crippen LogP) is 1.47. The first-order valence-corrected chi connectivity index (χ1v) is 6.91. The van der Waals surface area contributed by atoms with Crippen LogP contribution in [0.15, 0.2) is 17.6 Å². The van der Waals surface area contributed by atoms with E-state index in [1.165, 1.54) is 11.8 Å². The molecule has 0 bridgehead atoms. The van der Waals surface area contributed by atoms with Crippen molar-refractivity contribution in [2.75, 3.05) is 5.75 Å². The zero-order chi connectivity index (χ0) is 13.2. The highest BCUT2D eigenvalue weighted by atomic mass is 32.2. The normalized spacial score (nSPS) is 18.3. The van der Waals surface area contributed by atoms with E-state index in [-0.39, 0.29) is 0 Å². The maximum absolute atomic E-state index is 11.3. The summed E-state index contributed by atoms with van der Waals surface area (Å²) in [5.41, 5.74) is 0.0801. The van der Waals surface area contributed by atoms with Crippen molar-refractivity contribution in [2.45, 2.75) is 43.4 Å². The summed E-state index contributed by atoms with van der Waals surface area (Å²) in [4.78, 5) is 19.7. The number of aromatic nitrogens is 2. The number of carboxylic acids is 1. The molecule has 1 fully saturated rings. The van der Waals surface area contributed by atoms with Crippen molar-refractivity contribution in [1.29, 1.82) is 0 Å². The van der Waals surface area contributed by atoms with Crippen LogP contribution in [0.1, 0.15) is 25.3 Å². The van der Waals surface area contributed by atoms with E-state index in [9.17, 15) is 9.90 Å². The lowest BCUT2D eigenvalue weighted by Crippen LogP contribution is -2.52. The highest BCUT2D eigenvalue weighted by Crippen LogP contribution is 2.26. The van der Waals surface area contributed by atoms with Crippen LogP contribution >= 0.6 is 11.8 Å². The lowest BCUT2D eigenvalue weighted by molar-refractivity contribution is -0.143. The molecule has 18 heavy (non-hydrogen) atoms. The van der Waals surface area contributed by atoms with Crippen molar-refractivity contribution in [3.63, 3.8) is 0 Å². The Labute approximate surface area is 110 Å². The van der Waals surface area contributed by atoms with Crippen LogP contribution in [-0.4, -0.2) is 38.4 Å². The van der Waals surface area contributed by atoms with E-state index in [1.807, 2.05) is 6.92 Å². The minimum absolute atomic E-state index is 0.352. The van der Waals surface area contributed by atoms with Gasteiger partial charge in [-0.05, 0) is 32.3 Å². The minimum Gasteiger partial charge on any atom is -0.480 e. The fourth-order valence-electron chi connectivity index (χ4n) is 1.51. The molecular formula is C12H17N3O2S. The summed E-state index contributed by atoms with van der Waals surface area (Å²) in [6.45, 7) is 3.64. The second kappa shape index (κ2) is 5.24. The van der Waals surface area contributed by atoms with Crippen LogP contribution in [0.25, 0.3) is 0 Å². The third-order valence-electron chi connectivity index (χ3n) is 2.82. The van der Waals surface area contributed by atoms with Crippen molar-refractivity contribution < 1.29 is 9.90 Å². The number of aryl methyl sites for hydroxylation is 1. The molecule has 1 aliphatic rings. The van der Waals surface area contributed by atoms with Gasteiger partial charge in [-0.1, -0.05) is 11.8 Å². The van der Waals surface area contributed by atoms with Crippen LogP contribution in [-0.2, 0) is 4.79 Å². The summed E-state index contributed by atoms with van der Waals surface area (Å²) in [5, 5.41) is 13.1. The maximum Gasteiger partial charge on any atom is 0.324 e. The number of carboxylic acid groups (broad SMARTS) is 1. The maximum atomic E-state index is 11.3. The highest BCUT2D eigenvalue weighted by molar-refractivity contribution is 7.99. The van der Waals surface area contributed by atoms with Crippen LogP contribution < -0.4 is 5.32 Å². The van der Waals surface area contributed by atoms with Gasteiger partial charge in [0, 0.05) is 24.2 Å². The van der Waals surface area contributed by atoms with Crippen molar-refractivity contribution >= 4 is 17.7 Å². The van der Waals surface area contributed by atoms with Gasteiger partial charge in [0.05, 0.1) is 0 Å². The zero-order valence-corrected chi connectivity index (χ0v) is 11.3. The number of aliphatic carboxylic acids is 1. The van der Waals surface area contributed by atoms with Crippen LogP contribution in [0.3, 0.4) is 0 Å². The molecule has 1 heterocycles. The number of hydrogen-bond donors (Lipinski definition) is 2. The topological polar surface area (TPSA) is 75.1 Å². The fraction of sp³-hybridized carbons (Fsp3) is 0.583. The third kappa shape index (κ3) is 3.43. The Morgan fingerprint density at radius 2 is 2.17 bits per heavy atom. The van der Waals surface area contributed by atoms with E-state index in [4.69, 9.17) is 0 Å². The van der Waals surface area contributed by atoms with Gasteiger partial charge >= 0.3 is 5.97 Å². The second-order valence-corrected chi connectivity index (χ2v) is 5.83. The van der Waals surface area contributed by atoms with E-state index in [0.29, 0.717) is 17.0 Å². The Kier molecular flexibility index (Phi) is 3.87. The molecule has 1 saturated carbocycles. The number of thioether (sulfide) groups is 1. The Hall–Kier alpha value is -1.14. The summed E-state index contributed by atoms with van der Waals surface area (Å²) in [6.07, 6.45) is 5.60. The van der Waals surface area contributed by atoms with Gasteiger partial charge in [0.1, 0.15) is 5.54 Å². The molecule has 0 aromatic carbocycles. The standard InChI is InChI=1S/C12H17N3O2S/c1-8-5-13-11(14-6-8)18-7-12(2,10(16)17)15-9-3-4-9/h5-6,9,15H,3-4,7H2,1-2H3,(H,16,17). The molecule has 1 atom stereocenters. The summed E-state index contributed by atoms with van der Waals surface area (Å²) < 4.78 is 0. The predicted molar refractivity (Wildman–Crippen MR) is 69.7 cm³/mol. The largest absolute Gasteiger partial charge is 0.480 e. The molecule has 2 N–H and O–H groups in total. The summed E-state index contributed by atoms with van der Waals surface area (Å²) in [7, 11) is 0. The van der Waals surface area contributed by atoms with Gasteiger partial charge < -0.3 is 5.11 Å². The first kappa shape index (κ1) is 13.3. The van der Waals surface area contributed by atoms with Gasteiger partial charge in [0.15, 0.2) is 5.16 Å². The SMILES string of the molecule is Cc1cnc(SCC(C)(NC2CC2)C(=O)O)nc1. The molecule has 0 radical (unpaired) electrons. The minimum atomic E-state index is -0.917. The van der Waals surface area contributed by atoms with Crippen molar-refractivity contribution in [3.05, 3.63) is 18.0 Å². The van der Waals surface area contributed by atoms with E-state index in [1.54, 1.807) is 19.3 Å². The molecule has 1 unspecified atom stereocenters. The molecule has 0 saturated heterocycles. The van der Waals surface area contributed by atoms with Crippen molar-refractivity contribution in [1.82, 2.24) is 15.3 Å². The monoisotopic (exact) mass is 267 g/mol. The molecule has 1 aromatic heterocycles. The highest BCUT2D eigenvalue weighted by Gasteiger charge is 2.38. The molecule has 1 aliphatic carbocycles. The second-order valence-electron chi connectivity index (χ2n) is 4.89. The Morgan fingerprint density at radius 3 is 2.67 bits per heavy atom. The molecule has 6 heteroatoms. The van der Waals surface area contributed by atoms with Crippen LogP contribution in [0.4, 0.5) is 0 Å². The zero-order valence-electron chi connectivity index (χ0n) is 10.5. The van der Waals surface area contributed by atoms with Crippen LogP contribution in [0, 0.1) is 6.92 Å². The van der Waals surface area contributed by atoms with Gasteiger partial charge in [-0.15, -0.1) is 0 Å². The molecular weight excluding hydrogens is 250 g/mol. The Balaban J connectivity index is 1.96. The molecule has 2 rings (SSSR count). The van der Waals surface area contributed by atoms with Crippen molar-refractivity contribution in [3.8, 4) is 0 Å². The summed E-state index contributed by atoms with van der Waals surface area (Å²) in [6, 6.07) is 0.352. The summed E-state index contributed by atoms with van der Waals surface area (Å²) in [5.74, 6) is -0.406. The number of carbonyl (C=O) groups is 1. The molecule has 0 amide bonds. The van der Waals surface area contributed by atoms with Crippen molar-refractivity contribution in [2.24, 2.45) is 0 Å². The smallest absolute Gasteiger partial charge is 0.324 e. The molecule has 1 aromatic rings. The Bertz CT molecular complexity index is 433. The van der Waals surface area contributed by atoms with Gasteiger partial charge in [-0.2, -0.15) is 0 Å². The lowest BCUT2D eigenvalue weighted by Gasteiger charge is -2.25. The Morgan fingerprint density at radius 1 is 1.56 bits per heavy atom. The quantitative estimate of drug-likeness (QED) is 0.600. The van der Waals surface area contributed by atoms with E-state index >= 15 is 0 Å². The summed E-state index contributed by atoms with van der Waals surface area (Å²) >= 11 is 1.37. The first-order valence-electron chi connectivity index (χ1n) is 5.92. The van der Waals surface area contributed by atoms with Gasteiger partial charge in [0.25, 0.3) is 0 Å². The fourth-order valence-corrected chi connectivity index (χ4v) is 2.39. The van der Waals surface area contributed by atoms with Gasteiger partial charge in [0.2, 0.25) is 0 Å². The first-order chi connectivity index (χ1) is 8.49. The van der Waals surface area contributed by atoms with Gasteiger partial charge in [-0.25, -0.2) is 9.97 Å². The number of hydrogen-bond acceptors (Lipinski definition) is 5.